The minimum atomic E-state index is -1.69. The summed E-state index contributed by atoms with van der Waals surface area (Å²) in [4.78, 5) is 23.2. The summed E-state index contributed by atoms with van der Waals surface area (Å²) in [5.74, 6) is -5.35. The van der Waals surface area contributed by atoms with E-state index in [2.05, 4.69) is 5.32 Å². The number of nitrogens with zero attached hydrogens (tertiary/aromatic N) is 1. The van der Waals surface area contributed by atoms with Gasteiger partial charge in [-0.15, -0.1) is 0 Å². The number of carbonyl (C=O) groups excluding carboxylic acids is 1. The van der Waals surface area contributed by atoms with Crippen LogP contribution in [0.25, 0.3) is 0 Å². The quantitative estimate of drug-likeness (QED) is 0.843. The third kappa shape index (κ3) is 3.22. The van der Waals surface area contributed by atoms with Crippen LogP contribution in [0.4, 0.5) is 24.5 Å². The Morgan fingerprint density at radius 1 is 1.14 bits per heavy atom. The zero-order valence-corrected chi connectivity index (χ0v) is 10.6. The monoisotopic (exact) mass is 297 g/mol. The number of nitrogen functional groups attached to an aromatic ring is 1. The van der Waals surface area contributed by atoms with Crippen LogP contribution in [-0.4, -0.2) is 10.5 Å². The molecule has 3 N–H and O–H groups in total. The van der Waals surface area contributed by atoms with Gasteiger partial charge in [-0.1, -0.05) is 0 Å². The molecule has 2 aromatic rings. The van der Waals surface area contributed by atoms with E-state index in [0.717, 1.165) is 10.6 Å². The van der Waals surface area contributed by atoms with E-state index < -0.39 is 41.2 Å². The molecule has 21 heavy (non-hydrogen) atoms. The maximum absolute atomic E-state index is 13.4. The summed E-state index contributed by atoms with van der Waals surface area (Å²) >= 11 is 0. The number of nitrogens with two attached hydrogens (primary N) is 1. The van der Waals surface area contributed by atoms with E-state index >= 15 is 0 Å². The van der Waals surface area contributed by atoms with Gasteiger partial charge in [0.15, 0.2) is 17.5 Å². The third-order valence-electron chi connectivity index (χ3n) is 2.63. The molecule has 0 fully saturated rings. The Kier molecular flexibility index (Phi) is 3.97. The van der Waals surface area contributed by atoms with Gasteiger partial charge in [0.1, 0.15) is 6.54 Å². The predicted molar refractivity (Wildman–Crippen MR) is 70.1 cm³/mol. The first kappa shape index (κ1) is 14.6. The number of anilines is 2. The SMILES string of the molecule is Nc1ccc(=O)n(CC(=O)Nc2ccc(F)c(F)c2F)c1. The Labute approximate surface area is 116 Å². The summed E-state index contributed by atoms with van der Waals surface area (Å²) < 4.78 is 40.2. The predicted octanol–water partition coefficient (Wildman–Crippen LogP) is 1.49. The molecule has 0 spiro atoms. The molecule has 8 heteroatoms. The van der Waals surface area contributed by atoms with Gasteiger partial charge < -0.3 is 15.6 Å². The van der Waals surface area contributed by atoms with Crippen LogP contribution < -0.4 is 16.6 Å². The van der Waals surface area contributed by atoms with Crippen molar-refractivity contribution in [2.24, 2.45) is 0 Å². The van der Waals surface area contributed by atoms with Crippen molar-refractivity contribution in [2.45, 2.75) is 6.54 Å². The molecule has 0 saturated heterocycles. The van der Waals surface area contributed by atoms with Gasteiger partial charge in [0, 0.05) is 18.0 Å². The summed E-state index contributed by atoms with van der Waals surface area (Å²) in [5, 5.41) is 2.05. The highest BCUT2D eigenvalue weighted by atomic mass is 19.2. The summed E-state index contributed by atoms with van der Waals surface area (Å²) in [6, 6.07) is 4.10. The number of nitrogens with one attached hydrogen (secondary N) is 1. The van der Waals surface area contributed by atoms with Crippen molar-refractivity contribution in [1.29, 1.82) is 0 Å². The topological polar surface area (TPSA) is 77.1 Å². The van der Waals surface area contributed by atoms with E-state index in [4.69, 9.17) is 5.73 Å². The number of carbonyl (C=O) groups is 1. The van der Waals surface area contributed by atoms with E-state index in [0.29, 0.717) is 6.07 Å². The Morgan fingerprint density at radius 2 is 1.86 bits per heavy atom. The van der Waals surface area contributed by atoms with E-state index in [9.17, 15) is 22.8 Å². The van der Waals surface area contributed by atoms with Gasteiger partial charge in [0.25, 0.3) is 5.56 Å². The Bertz CT molecular complexity index is 759. The summed E-state index contributed by atoms with van der Waals surface area (Å²) in [5.41, 5.74) is 4.74. The van der Waals surface area contributed by atoms with Gasteiger partial charge in [-0.25, -0.2) is 13.2 Å². The van der Waals surface area contributed by atoms with Crippen LogP contribution in [0.15, 0.2) is 35.3 Å². The van der Waals surface area contributed by atoms with Crippen molar-refractivity contribution < 1.29 is 18.0 Å². The van der Waals surface area contributed by atoms with Gasteiger partial charge in [0.2, 0.25) is 5.91 Å². The number of halogens is 3. The van der Waals surface area contributed by atoms with Crippen molar-refractivity contribution in [2.75, 3.05) is 11.1 Å². The van der Waals surface area contributed by atoms with Crippen molar-refractivity contribution in [1.82, 2.24) is 4.57 Å². The third-order valence-corrected chi connectivity index (χ3v) is 2.63. The molecular formula is C13H10F3N3O2. The normalized spacial score (nSPS) is 10.4. The van der Waals surface area contributed by atoms with Crippen LogP contribution in [0.5, 0.6) is 0 Å². The molecule has 0 aliphatic rings. The van der Waals surface area contributed by atoms with E-state index in [1.165, 1.54) is 18.3 Å². The highest BCUT2D eigenvalue weighted by Crippen LogP contribution is 2.19. The minimum absolute atomic E-state index is 0.265. The fourth-order valence-corrected chi connectivity index (χ4v) is 1.64. The first-order valence-electron chi connectivity index (χ1n) is 5.78. The van der Waals surface area contributed by atoms with Crippen molar-refractivity contribution in [3.63, 3.8) is 0 Å². The van der Waals surface area contributed by atoms with Crippen LogP contribution in [0.1, 0.15) is 0 Å². The van der Waals surface area contributed by atoms with Crippen LogP contribution in [-0.2, 0) is 11.3 Å². The zero-order valence-electron chi connectivity index (χ0n) is 10.6. The Balaban J connectivity index is 2.18. The van der Waals surface area contributed by atoms with E-state index in [1.54, 1.807) is 0 Å². The van der Waals surface area contributed by atoms with Gasteiger partial charge in [0.05, 0.1) is 5.69 Å². The van der Waals surface area contributed by atoms with Gasteiger partial charge in [-0.3, -0.25) is 9.59 Å². The van der Waals surface area contributed by atoms with Crippen molar-refractivity contribution in [3.05, 3.63) is 58.3 Å². The summed E-state index contributed by atoms with van der Waals surface area (Å²) in [7, 11) is 0. The van der Waals surface area contributed by atoms with Crippen LogP contribution in [0, 0.1) is 17.5 Å². The lowest BCUT2D eigenvalue weighted by Gasteiger charge is -2.09. The largest absolute Gasteiger partial charge is 0.398 e. The molecule has 1 aromatic carbocycles. The lowest BCUT2D eigenvalue weighted by molar-refractivity contribution is -0.116. The number of pyridine rings is 1. The van der Waals surface area contributed by atoms with Crippen LogP contribution in [0.2, 0.25) is 0 Å². The standard InChI is InChI=1S/C13H10F3N3O2/c14-8-2-3-9(13(16)12(8)15)18-10(20)6-19-5-7(17)1-4-11(19)21/h1-5H,6,17H2,(H,18,20). The van der Waals surface area contributed by atoms with Crippen LogP contribution >= 0.6 is 0 Å². The number of rotatable bonds is 3. The Morgan fingerprint density at radius 3 is 2.57 bits per heavy atom. The molecule has 0 radical (unpaired) electrons. The smallest absolute Gasteiger partial charge is 0.251 e. The summed E-state index contributed by atoms with van der Waals surface area (Å²) in [6.07, 6.45) is 1.24. The lowest BCUT2D eigenvalue weighted by Crippen LogP contribution is -2.27. The van der Waals surface area contributed by atoms with Gasteiger partial charge in [-0.2, -0.15) is 0 Å². The Hall–Kier alpha value is -2.77. The molecule has 0 unspecified atom stereocenters. The average Bonchev–Trinajstić information content (AvgIpc) is 2.43. The van der Waals surface area contributed by atoms with E-state index in [1.807, 2.05) is 0 Å². The molecule has 0 bridgehead atoms. The second-order valence-corrected chi connectivity index (χ2v) is 4.20. The first-order chi connectivity index (χ1) is 9.88. The first-order valence-corrected chi connectivity index (χ1v) is 5.78. The molecule has 0 aliphatic carbocycles. The molecule has 2 rings (SSSR count). The highest BCUT2D eigenvalue weighted by molar-refractivity contribution is 5.90. The van der Waals surface area contributed by atoms with Gasteiger partial charge in [-0.05, 0) is 18.2 Å². The summed E-state index contributed by atoms with van der Waals surface area (Å²) in [6.45, 7) is -0.442. The maximum atomic E-state index is 13.4. The number of aromatic nitrogens is 1. The maximum Gasteiger partial charge on any atom is 0.251 e. The minimum Gasteiger partial charge on any atom is -0.398 e. The van der Waals surface area contributed by atoms with Gasteiger partial charge >= 0.3 is 0 Å². The molecule has 1 aromatic heterocycles. The van der Waals surface area contributed by atoms with Crippen molar-refractivity contribution >= 4 is 17.3 Å². The highest BCUT2D eigenvalue weighted by Gasteiger charge is 2.15. The molecular weight excluding hydrogens is 287 g/mol. The average molecular weight is 297 g/mol. The number of hydrogen-bond acceptors (Lipinski definition) is 3. The number of hydrogen-bond donors (Lipinski definition) is 2. The molecule has 0 atom stereocenters. The lowest BCUT2D eigenvalue weighted by atomic mass is 10.2. The molecule has 5 nitrogen and oxygen atoms in total. The molecule has 1 heterocycles. The van der Waals surface area contributed by atoms with E-state index in [-0.39, 0.29) is 5.69 Å². The van der Waals surface area contributed by atoms with Crippen LogP contribution in [0.3, 0.4) is 0 Å². The molecule has 110 valence electrons. The fraction of sp³-hybridized carbons (Fsp3) is 0.0769. The second kappa shape index (κ2) is 5.70. The number of amides is 1. The number of benzene rings is 1. The molecule has 0 saturated carbocycles. The fourth-order valence-electron chi connectivity index (χ4n) is 1.64. The molecule has 1 amide bonds. The zero-order chi connectivity index (χ0) is 15.6. The van der Waals surface area contributed by atoms with Crippen molar-refractivity contribution in [3.8, 4) is 0 Å². The second-order valence-electron chi connectivity index (χ2n) is 4.20. The molecule has 0 aliphatic heterocycles.